The number of allylic oxidation sites excluding steroid dienone is 7. The van der Waals surface area contributed by atoms with Gasteiger partial charge < -0.3 is 20.3 Å². The molecular weight excluding hydrogens is 1150 g/mol. The van der Waals surface area contributed by atoms with Crippen LogP contribution in [0.4, 0.5) is 0 Å². The van der Waals surface area contributed by atoms with Crippen LogP contribution in [0.25, 0.3) is 0 Å². The Bertz CT molecular complexity index is 1570. The summed E-state index contributed by atoms with van der Waals surface area (Å²) in [6.45, 7) is 4.95. The van der Waals surface area contributed by atoms with Crippen LogP contribution in [0.15, 0.2) is 48.6 Å². The molecule has 1 amide bonds. The van der Waals surface area contributed by atoms with Gasteiger partial charge in [-0.25, -0.2) is 0 Å². The molecule has 0 heterocycles. The van der Waals surface area contributed by atoms with E-state index in [1.165, 1.54) is 398 Å². The molecule has 6 nitrogen and oxygen atoms in total. The van der Waals surface area contributed by atoms with Crippen molar-refractivity contribution in [3.63, 3.8) is 0 Å². The first-order valence-corrected chi connectivity index (χ1v) is 42.9. The number of ether oxygens (including phenoxy) is 1. The van der Waals surface area contributed by atoms with Crippen molar-refractivity contribution in [3.8, 4) is 0 Å². The summed E-state index contributed by atoms with van der Waals surface area (Å²) in [4.78, 5) is 24.7. The van der Waals surface area contributed by atoms with Gasteiger partial charge in [-0.2, -0.15) is 0 Å². The Labute approximate surface area is 588 Å². The lowest BCUT2D eigenvalue weighted by molar-refractivity contribution is -0.143. The van der Waals surface area contributed by atoms with E-state index in [4.69, 9.17) is 4.74 Å². The average Bonchev–Trinajstić information content (AvgIpc) is 3.79. The van der Waals surface area contributed by atoms with Crippen molar-refractivity contribution in [2.24, 2.45) is 0 Å². The number of esters is 1. The maximum Gasteiger partial charge on any atom is 0.305 e. The third kappa shape index (κ3) is 78.8. The number of hydrogen-bond donors (Lipinski definition) is 3. The molecule has 0 aliphatic heterocycles. The number of carbonyl (C=O) groups is 2. The summed E-state index contributed by atoms with van der Waals surface area (Å²) in [7, 11) is 0. The lowest BCUT2D eigenvalue weighted by Gasteiger charge is -2.20. The fourth-order valence-electron chi connectivity index (χ4n) is 13.5. The van der Waals surface area contributed by atoms with Crippen LogP contribution in [0, 0.1) is 0 Å². The van der Waals surface area contributed by atoms with Gasteiger partial charge in [0.05, 0.1) is 25.4 Å². The SMILES string of the molecule is CCCCCCCCC/C=C\CCCCCCCC(=O)OCCCCCCCCCCCCCCC/C=C\C/C=C\CCCCCCCCCCCCCCCCCCCC(=O)NC(CO)C(O)/C=C/CCCCCCCCCCCCCCCCCCCCCCCC. The first-order valence-electron chi connectivity index (χ1n) is 42.9. The predicted octanol–water partition coefficient (Wildman–Crippen LogP) is 28.7. The Balaban J connectivity index is 3.39. The molecule has 0 spiro atoms. The Morgan fingerprint density at radius 3 is 0.819 bits per heavy atom. The van der Waals surface area contributed by atoms with Crippen molar-refractivity contribution < 1.29 is 24.5 Å². The first-order chi connectivity index (χ1) is 46.5. The van der Waals surface area contributed by atoms with E-state index in [2.05, 4.69) is 55.6 Å². The van der Waals surface area contributed by atoms with Crippen LogP contribution in [0.2, 0.25) is 0 Å². The number of hydrogen-bond acceptors (Lipinski definition) is 5. The highest BCUT2D eigenvalue weighted by atomic mass is 16.5. The summed E-state index contributed by atoms with van der Waals surface area (Å²) in [5, 5.41) is 23.3. The zero-order valence-electron chi connectivity index (χ0n) is 63.7. The fourth-order valence-corrected chi connectivity index (χ4v) is 13.5. The van der Waals surface area contributed by atoms with Crippen molar-refractivity contribution in [2.75, 3.05) is 13.2 Å². The highest BCUT2D eigenvalue weighted by Crippen LogP contribution is 2.20. The second-order valence-corrected chi connectivity index (χ2v) is 29.5. The largest absolute Gasteiger partial charge is 0.466 e. The van der Waals surface area contributed by atoms with E-state index in [0.29, 0.717) is 19.4 Å². The molecule has 0 aliphatic rings. The number of amides is 1. The normalized spacial score (nSPS) is 12.7. The molecule has 2 atom stereocenters. The topological polar surface area (TPSA) is 95.9 Å². The van der Waals surface area contributed by atoms with E-state index in [0.717, 1.165) is 51.4 Å². The van der Waals surface area contributed by atoms with Crippen molar-refractivity contribution in [2.45, 2.75) is 488 Å². The third-order valence-corrected chi connectivity index (χ3v) is 20.1. The highest BCUT2D eigenvalue weighted by Gasteiger charge is 2.18. The molecule has 6 heteroatoms. The van der Waals surface area contributed by atoms with Crippen LogP contribution in [0.3, 0.4) is 0 Å². The molecule has 0 aliphatic carbocycles. The van der Waals surface area contributed by atoms with E-state index in [-0.39, 0.29) is 18.5 Å². The quantitative estimate of drug-likeness (QED) is 0.0320. The van der Waals surface area contributed by atoms with Gasteiger partial charge in [0.2, 0.25) is 5.91 Å². The standard InChI is InChI=1S/C88H167NO5/c1-3-5-7-9-11-13-15-17-19-21-22-23-24-40-43-46-49-52-56-60-64-68-72-76-80-86(91)85(84-90)89-87(92)81-77-73-69-65-61-57-53-50-47-44-41-38-36-34-32-30-28-26-25-27-29-31-33-35-37-39-42-45-48-51-55-59-63-67-71-75-79-83-94-88(93)82-78-74-70-66-62-58-54-20-18-16-14-12-10-8-6-4-2/h20,25,27,31,33,54,76,80,85-86,90-91H,3-19,21-24,26,28-30,32,34-53,55-75,77-79,81-84H2,1-2H3,(H,89,92)/b27-25-,33-31-,54-20-,80-76+. The van der Waals surface area contributed by atoms with Gasteiger partial charge in [-0.15, -0.1) is 0 Å². The molecule has 0 saturated carbocycles. The Kier molecular flexibility index (Phi) is 81.3. The maximum absolute atomic E-state index is 12.6. The molecule has 0 bridgehead atoms. The van der Waals surface area contributed by atoms with Gasteiger partial charge >= 0.3 is 5.97 Å². The van der Waals surface area contributed by atoms with Crippen LogP contribution in [-0.4, -0.2) is 47.4 Å². The van der Waals surface area contributed by atoms with Gasteiger partial charge in [-0.1, -0.05) is 422 Å². The van der Waals surface area contributed by atoms with Crippen molar-refractivity contribution >= 4 is 11.9 Å². The number of nitrogens with one attached hydrogen (secondary N) is 1. The molecule has 0 saturated heterocycles. The van der Waals surface area contributed by atoms with Gasteiger partial charge in [0, 0.05) is 12.8 Å². The van der Waals surface area contributed by atoms with Crippen molar-refractivity contribution in [3.05, 3.63) is 48.6 Å². The Morgan fingerprint density at radius 1 is 0.298 bits per heavy atom. The zero-order valence-corrected chi connectivity index (χ0v) is 63.7. The lowest BCUT2D eigenvalue weighted by Crippen LogP contribution is -2.45. The number of rotatable bonds is 81. The van der Waals surface area contributed by atoms with Crippen LogP contribution >= 0.6 is 0 Å². The minimum atomic E-state index is -0.845. The zero-order chi connectivity index (χ0) is 67.7. The fraction of sp³-hybridized carbons (Fsp3) is 0.886. The minimum Gasteiger partial charge on any atom is -0.466 e. The van der Waals surface area contributed by atoms with Crippen molar-refractivity contribution in [1.82, 2.24) is 5.32 Å². The van der Waals surface area contributed by atoms with E-state index in [9.17, 15) is 19.8 Å². The van der Waals surface area contributed by atoms with Crippen LogP contribution < -0.4 is 5.32 Å². The third-order valence-electron chi connectivity index (χ3n) is 20.1. The molecular formula is C88H167NO5. The molecule has 0 fully saturated rings. The summed E-state index contributed by atoms with van der Waals surface area (Å²) in [5.74, 6) is -0.0483. The Morgan fingerprint density at radius 2 is 0.532 bits per heavy atom. The van der Waals surface area contributed by atoms with Gasteiger partial charge in [0.25, 0.3) is 0 Å². The van der Waals surface area contributed by atoms with E-state index in [1.807, 2.05) is 6.08 Å². The summed E-state index contributed by atoms with van der Waals surface area (Å²) in [5.41, 5.74) is 0. The Hall–Kier alpha value is -2.18. The van der Waals surface area contributed by atoms with Gasteiger partial charge in [-0.3, -0.25) is 9.59 Å². The number of aliphatic hydroxyl groups is 2. The van der Waals surface area contributed by atoms with E-state index in [1.54, 1.807) is 6.08 Å². The first kappa shape index (κ1) is 91.8. The molecule has 554 valence electrons. The summed E-state index contributed by atoms with van der Waals surface area (Å²) in [6, 6.07) is -0.628. The predicted molar refractivity (Wildman–Crippen MR) is 416 cm³/mol. The second kappa shape index (κ2) is 83.2. The van der Waals surface area contributed by atoms with Crippen LogP contribution in [-0.2, 0) is 14.3 Å². The minimum absolute atomic E-state index is 0.0119. The number of aliphatic hydroxyl groups excluding tert-OH is 2. The van der Waals surface area contributed by atoms with E-state index >= 15 is 0 Å². The summed E-state index contributed by atoms with van der Waals surface area (Å²) < 4.78 is 5.50. The summed E-state index contributed by atoms with van der Waals surface area (Å²) in [6.07, 6.45) is 111. The average molecular weight is 1320 g/mol. The molecule has 0 aromatic heterocycles. The molecule has 0 radical (unpaired) electrons. The van der Waals surface area contributed by atoms with Crippen LogP contribution in [0.1, 0.15) is 476 Å². The molecule has 0 aromatic carbocycles. The van der Waals surface area contributed by atoms with E-state index < -0.39 is 12.1 Å². The summed E-state index contributed by atoms with van der Waals surface area (Å²) >= 11 is 0. The lowest BCUT2D eigenvalue weighted by atomic mass is 10.0. The van der Waals surface area contributed by atoms with Crippen molar-refractivity contribution in [1.29, 1.82) is 0 Å². The van der Waals surface area contributed by atoms with Gasteiger partial charge in [0.1, 0.15) is 0 Å². The molecule has 94 heavy (non-hydrogen) atoms. The molecule has 2 unspecified atom stereocenters. The molecule has 0 rings (SSSR count). The smallest absolute Gasteiger partial charge is 0.305 e. The van der Waals surface area contributed by atoms with Gasteiger partial charge in [-0.05, 0) is 89.9 Å². The number of carbonyl (C=O) groups excluding carboxylic acids is 2. The maximum atomic E-state index is 12.6. The highest BCUT2D eigenvalue weighted by molar-refractivity contribution is 5.76. The molecule has 0 aromatic rings. The second-order valence-electron chi connectivity index (χ2n) is 29.5. The monoisotopic (exact) mass is 1320 g/mol. The van der Waals surface area contributed by atoms with Gasteiger partial charge in [0.15, 0.2) is 0 Å². The van der Waals surface area contributed by atoms with Crippen LogP contribution in [0.5, 0.6) is 0 Å². The molecule has 3 N–H and O–H groups in total. The number of unbranched alkanes of at least 4 members (excludes halogenated alkanes) is 64.